The van der Waals surface area contributed by atoms with Gasteiger partial charge in [0.25, 0.3) is 0 Å². The number of anilines is 3. The first-order valence-electron chi connectivity index (χ1n) is 10.0. The number of fused-ring (bicyclic) bond motifs is 1. The zero-order valence-corrected chi connectivity index (χ0v) is 20.3. The van der Waals surface area contributed by atoms with Crippen LogP contribution >= 0.6 is 23.2 Å². The number of aliphatic hydroxyl groups is 1. The number of methoxy groups -OCH3 is 2. The number of aromatic nitrogens is 4. The van der Waals surface area contributed by atoms with E-state index >= 15 is 0 Å². The first-order valence-corrected chi connectivity index (χ1v) is 10.8. The van der Waals surface area contributed by atoms with Gasteiger partial charge in [0.15, 0.2) is 11.4 Å². The number of aryl methyl sites for hydroxylation is 1. The Hall–Kier alpha value is -3.80. The normalized spacial score (nSPS) is 11.8. The highest BCUT2D eigenvalue weighted by atomic mass is 35.5. The number of ether oxygens (including phenoxy) is 2. The number of hydrogen-bond donors (Lipinski definition) is 3. The summed E-state index contributed by atoms with van der Waals surface area (Å²) >= 11 is 12.8. The molecule has 1 atom stereocenters. The molecule has 3 aromatic heterocycles. The maximum Gasteiger partial charge on any atom is 0.247 e. The first kappa shape index (κ1) is 24.3. The predicted molar refractivity (Wildman–Crippen MR) is 131 cm³/mol. The lowest BCUT2D eigenvalue weighted by Gasteiger charge is -2.17. The molecule has 4 aromatic rings. The highest BCUT2D eigenvalue weighted by Gasteiger charge is 2.27. The molecule has 3 N–H and O–H groups in total. The van der Waals surface area contributed by atoms with E-state index in [-0.39, 0.29) is 38.8 Å². The molecule has 0 saturated carbocycles. The van der Waals surface area contributed by atoms with Crippen molar-refractivity contribution in [2.75, 3.05) is 24.9 Å². The summed E-state index contributed by atoms with van der Waals surface area (Å²) in [6, 6.07) is 3.05. The zero-order valence-electron chi connectivity index (χ0n) is 18.8. The number of furan rings is 1. The number of nitrogens with zero attached hydrogens (tertiary/aromatic N) is 4. The van der Waals surface area contributed by atoms with E-state index in [0.29, 0.717) is 22.6 Å². The number of amides is 1. The Balaban J connectivity index is 1.67. The van der Waals surface area contributed by atoms with Crippen LogP contribution in [0.15, 0.2) is 41.6 Å². The number of nitrogens with one attached hydrogen (secondary N) is 2. The summed E-state index contributed by atoms with van der Waals surface area (Å²) in [5, 5.41) is 21.1. The minimum absolute atomic E-state index is 0.115. The van der Waals surface area contributed by atoms with Crippen LogP contribution in [0.4, 0.5) is 17.5 Å². The molecule has 0 aliphatic carbocycles. The second-order valence-corrected chi connectivity index (χ2v) is 7.96. The molecule has 0 aliphatic heterocycles. The average Bonchev–Trinajstić information content (AvgIpc) is 3.41. The fourth-order valence-electron chi connectivity index (χ4n) is 3.30. The van der Waals surface area contributed by atoms with Crippen LogP contribution in [0.2, 0.25) is 10.0 Å². The van der Waals surface area contributed by atoms with Gasteiger partial charge in [0.05, 0.1) is 36.7 Å². The SMILES string of the molecule is C=CC(=O)Nc1cn(C)nc1Nc1ncc2oc(C(O)c3c(Cl)c(OC)cc(OC)c3Cl)cc2n1. The van der Waals surface area contributed by atoms with E-state index < -0.39 is 12.0 Å². The molecule has 0 spiro atoms. The number of halogens is 2. The van der Waals surface area contributed by atoms with Gasteiger partial charge in [-0.25, -0.2) is 9.97 Å². The maximum absolute atomic E-state index is 11.7. The van der Waals surface area contributed by atoms with Crippen molar-refractivity contribution in [3.05, 3.63) is 58.6 Å². The number of aliphatic hydroxyl groups excluding tert-OH is 1. The van der Waals surface area contributed by atoms with Gasteiger partial charge in [-0.2, -0.15) is 5.10 Å². The molecule has 0 fully saturated rings. The second kappa shape index (κ2) is 9.82. The fraction of sp³-hybridized carbons (Fsp3) is 0.182. The molecule has 0 radical (unpaired) electrons. The van der Waals surface area contributed by atoms with E-state index in [1.807, 2.05) is 0 Å². The molecule has 182 valence electrons. The zero-order chi connectivity index (χ0) is 25.3. The predicted octanol–water partition coefficient (Wildman–Crippen LogP) is 4.23. The lowest BCUT2D eigenvalue weighted by Crippen LogP contribution is -2.08. The molecule has 0 saturated heterocycles. The molecule has 1 unspecified atom stereocenters. The minimum atomic E-state index is -1.35. The van der Waals surface area contributed by atoms with E-state index in [0.717, 1.165) is 6.08 Å². The molecule has 1 amide bonds. The van der Waals surface area contributed by atoms with Crippen LogP contribution in [0.5, 0.6) is 11.5 Å². The smallest absolute Gasteiger partial charge is 0.247 e. The van der Waals surface area contributed by atoms with Gasteiger partial charge in [-0.1, -0.05) is 29.8 Å². The third kappa shape index (κ3) is 4.74. The van der Waals surface area contributed by atoms with Crippen LogP contribution in [-0.4, -0.2) is 45.0 Å². The molecule has 1 aromatic carbocycles. The van der Waals surface area contributed by atoms with Crippen molar-refractivity contribution in [2.24, 2.45) is 7.05 Å². The van der Waals surface area contributed by atoms with E-state index in [1.165, 1.54) is 37.2 Å². The Morgan fingerprint density at radius 3 is 2.57 bits per heavy atom. The van der Waals surface area contributed by atoms with Gasteiger partial charge in [-0.3, -0.25) is 9.48 Å². The lowest BCUT2D eigenvalue weighted by molar-refractivity contribution is -0.111. The quantitative estimate of drug-likeness (QED) is 0.292. The van der Waals surface area contributed by atoms with Gasteiger partial charge in [-0.05, 0) is 6.08 Å². The summed E-state index contributed by atoms with van der Waals surface area (Å²) in [5.41, 5.74) is 1.28. The molecular weight excluding hydrogens is 499 g/mol. The number of carbonyl (C=O) groups is 1. The number of benzene rings is 1. The van der Waals surface area contributed by atoms with Gasteiger partial charge < -0.3 is 29.6 Å². The number of rotatable bonds is 8. The molecular formula is C22H20Cl2N6O5. The number of carbonyl (C=O) groups excluding carboxylic acids is 1. The van der Waals surface area contributed by atoms with Crippen molar-refractivity contribution >= 4 is 57.7 Å². The van der Waals surface area contributed by atoms with Crippen molar-refractivity contribution in [2.45, 2.75) is 6.10 Å². The van der Waals surface area contributed by atoms with Crippen LogP contribution in [0.25, 0.3) is 11.1 Å². The summed E-state index contributed by atoms with van der Waals surface area (Å²) in [5.74, 6) is 0.803. The highest BCUT2D eigenvalue weighted by molar-refractivity contribution is 6.38. The van der Waals surface area contributed by atoms with Crippen molar-refractivity contribution < 1.29 is 23.8 Å². The van der Waals surface area contributed by atoms with Gasteiger partial charge in [0, 0.05) is 24.7 Å². The Bertz CT molecular complexity index is 1410. The largest absolute Gasteiger partial charge is 0.495 e. The molecule has 11 nitrogen and oxygen atoms in total. The van der Waals surface area contributed by atoms with Crippen molar-refractivity contribution in [1.82, 2.24) is 19.7 Å². The Morgan fingerprint density at radius 1 is 1.26 bits per heavy atom. The number of hydrogen-bond acceptors (Lipinski definition) is 9. The van der Waals surface area contributed by atoms with E-state index in [4.69, 9.17) is 37.1 Å². The summed E-state index contributed by atoms with van der Waals surface area (Å²) in [6.07, 6.45) is 2.85. The minimum Gasteiger partial charge on any atom is -0.495 e. The summed E-state index contributed by atoms with van der Waals surface area (Å²) in [4.78, 5) is 20.3. The van der Waals surface area contributed by atoms with Crippen LogP contribution < -0.4 is 20.1 Å². The molecule has 13 heteroatoms. The molecule has 35 heavy (non-hydrogen) atoms. The van der Waals surface area contributed by atoms with Gasteiger partial charge in [0.1, 0.15) is 34.6 Å². The topological polar surface area (TPSA) is 137 Å². The van der Waals surface area contributed by atoms with Crippen molar-refractivity contribution in [3.8, 4) is 11.5 Å². The molecule has 3 heterocycles. The van der Waals surface area contributed by atoms with E-state index in [9.17, 15) is 9.90 Å². The maximum atomic E-state index is 11.7. The van der Waals surface area contributed by atoms with E-state index in [2.05, 4.69) is 32.3 Å². The Morgan fingerprint density at radius 2 is 1.94 bits per heavy atom. The standard InChI is InChI=1S/C22H20Cl2N6O5/c1-5-16(31)26-11-9-30(2)29-21(11)28-22-25-8-15-10(27-22)6-14(35-15)20(32)17-18(23)12(33-3)7-13(34-4)19(17)24/h5-9,20,32H,1H2,2-4H3,(H,26,31)(H,25,27,28,29). The Kier molecular flexibility index (Phi) is 6.83. The van der Waals surface area contributed by atoms with E-state index in [1.54, 1.807) is 13.2 Å². The van der Waals surface area contributed by atoms with Crippen LogP contribution in [0.3, 0.4) is 0 Å². The summed E-state index contributed by atoms with van der Waals surface area (Å²) in [6.45, 7) is 3.43. The summed E-state index contributed by atoms with van der Waals surface area (Å²) < 4.78 is 17.8. The van der Waals surface area contributed by atoms with Crippen LogP contribution in [0, 0.1) is 0 Å². The van der Waals surface area contributed by atoms with Crippen LogP contribution in [0.1, 0.15) is 17.4 Å². The third-order valence-corrected chi connectivity index (χ3v) is 5.72. The lowest BCUT2D eigenvalue weighted by atomic mass is 10.1. The summed E-state index contributed by atoms with van der Waals surface area (Å²) in [7, 11) is 4.57. The average molecular weight is 519 g/mol. The first-order chi connectivity index (χ1) is 16.7. The fourth-order valence-corrected chi connectivity index (χ4v) is 4.01. The Labute approximate surface area is 209 Å². The molecule has 0 aliphatic rings. The van der Waals surface area contributed by atoms with Crippen molar-refractivity contribution in [1.29, 1.82) is 0 Å². The second-order valence-electron chi connectivity index (χ2n) is 7.20. The van der Waals surface area contributed by atoms with Gasteiger partial charge >= 0.3 is 0 Å². The highest BCUT2D eigenvalue weighted by Crippen LogP contribution is 2.45. The van der Waals surface area contributed by atoms with Gasteiger partial charge in [-0.15, -0.1) is 0 Å². The van der Waals surface area contributed by atoms with Crippen molar-refractivity contribution in [3.63, 3.8) is 0 Å². The van der Waals surface area contributed by atoms with Crippen LogP contribution in [-0.2, 0) is 11.8 Å². The molecule has 0 bridgehead atoms. The monoisotopic (exact) mass is 518 g/mol. The molecule has 4 rings (SSSR count). The van der Waals surface area contributed by atoms with Gasteiger partial charge in [0.2, 0.25) is 11.9 Å². The third-order valence-electron chi connectivity index (χ3n) is 4.94.